The second kappa shape index (κ2) is 5.97. The van der Waals surface area contributed by atoms with Crippen molar-refractivity contribution in [2.75, 3.05) is 14.2 Å². The first-order valence-corrected chi connectivity index (χ1v) is 16.1. The minimum atomic E-state index is -2.78. The van der Waals surface area contributed by atoms with Crippen molar-refractivity contribution in [1.82, 2.24) is 0 Å². The Bertz CT molecular complexity index is 306. The van der Waals surface area contributed by atoms with Crippen LogP contribution in [0.4, 0.5) is 0 Å². The quantitative estimate of drug-likeness (QED) is 0.666. The molecule has 0 unspecified atom stereocenters. The molecule has 0 aromatic heterocycles. The molecule has 0 aromatic carbocycles. The zero-order valence-electron chi connectivity index (χ0n) is 15.7. The lowest BCUT2D eigenvalue weighted by molar-refractivity contribution is 0.0108. The third-order valence-electron chi connectivity index (χ3n) is 4.59. The maximum absolute atomic E-state index is 6.51. The van der Waals surface area contributed by atoms with Crippen LogP contribution in [0.1, 0.15) is 27.7 Å². The van der Waals surface area contributed by atoms with E-state index in [-0.39, 0.29) is 9.89 Å². The Morgan fingerprint density at radius 1 is 0.650 bits per heavy atom. The van der Waals surface area contributed by atoms with Crippen molar-refractivity contribution in [3.8, 4) is 0 Å². The van der Waals surface area contributed by atoms with Crippen LogP contribution in [0, 0.1) is 0 Å². The largest absolute Gasteiger partial charge is 0.501 e. The summed E-state index contributed by atoms with van der Waals surface area (Å²) in [6.07, 6.45) is 0. The molecule has 0 aliphatic rings. The lowest BCUT2D eigenvalue weighted by Gasteiger charge is -2.56. The second-order valence-electron chi connectivity index (χ2n) is 8.80. The molecule has 0 bridgehead atoms. The molecule has 122 valence electrons. The normalized spacial score (nSPS) is 15.6. The van der Waals surface area contributed by atoms with Gasteiger partial charge in [0.05, 0.1) is 21.7 Å². The summed E-state index contributed by atoms with van der Waals surface area (Å²) in [6, 6.07) is 0. The summed E-state index contributed by atoms with van der Waals surface area (Å²) in [5.74, 6) is 0. The van der Waals surface area contributed by atoms with Gasteiger partial charge in [-0.15, -0.1) is 0 Å². The molecule has 0 fully saturated rings. The summed E-state index contributed by atoms with van der Waals surface area (Å²) in [6.45, 7) is 23.1. The van der Waals surface area contributed by atoms with Crippen LogP contribution in [0.15, 0.2) is 0 Å². The molecule has 6 heteroatoms. The topological polar surface area (TPSA) is 27.7 Å². The molecule has 0 heterocycles. The Labute approximate surface area is 129 Å². The average molecular weight is 337 g/mol. The van der Waals surface area contributed by atoms with E-state index < -0.39 is 25.0 Å². The third-order valence-corrected chi connectivity index (χ3v) is 24.6. The molecule has 0 aliphatic carbocycles. The van der Waals surface area contributed by atoms with Crippen LogP contribution in [0.25, 0.3) is 0 Å². The highest BCUT2D eigenvalue weighted by molar-refractivity contribution is 7.11. The van der Waals surface area contributed by atoms with Gasteiger partial charge in [0.25, 0.3) is 0 Å². The zero-order valence-corrected chi connectivity index (χ0v) is 18.7. The first kappa shape index (κ1) is 20.5. The van der Waals surface area contributed by atoms with E-state index in [1.807, 2.05) is 0 Å². The molecule has 0 N–H and O–H groups in total. The van der Waals surface area contributed by atoms with Crippen molar-refractivity contribution < 1.29 is 13.3 Å². The SMILES string of the molecule is CO[Si](OC)(OC(C)(C)C)C(C)([Si](C)(C)C)[Si](C)(C)C. The van der Waals surface area contributed by atoms with Crippen molar-refractivity contribution in [2.45, 2.75) is 76.9 Å². The van der Waals surface area contributed by atoms with Crippen molar-refractivity contribution in [2.24, 2.45) is 0 Å². The molecule has 0 saturated heterocycles. The van der Waals surface area contributed by atoms with E-state index in [4.69, 9.17) is 13.3 Å². The highest BCUT2D eigenvalue weighted by Crippen LogP contribution is 2.54. The lowest BCUT2D eigenvalue weighted by Crippen LogP contribution is -2.72. The van der Waals surface area contributed by atoms with E-state index in [1.54, 1.807) is 14.2 Å². The molecular formula is C14H36O3Si3. The van der Waals surface area contributed by atoms with Crippen molar-refractivity contribution in [3.63, 3.8) is 0 Å². The van der Waals surface area contributed by atoms with Gasteiger partial charge < -0.3 is 13.3 Å². The van der Waals surface area contributed by atoms with Crippen LogP contribution in [0.2, 0.25) is 43.6 Å². The molecule has 0 rings (SSSR count). The van der Waals surface area contributed by atoms with Gasteiger partial charge in [-0.3, -0.25) is 0 Å². The Morgan fingerprint density at radius 2 is 0.950 bits per heavy atom. The van der Waals surface area contributed by atoms with Crippen molar-refractivity contribution in [3.05, 3.63) is 0 Å². The summed E-state index contributed by atoms with van der Waals surface area (Å²) in [5.41, 5.74) is -0.265. The van der Waals surface area contributed by atoms with Gasteiger partial charge in [0, 0.05) is 18.5 Å². The van der Waals surface area contributed by atoms with E-state index in [1.165, 1.54) is 0 Å². The Hall–Kier alpha value is 0.531. The molecule has 0 aromatic rings. The molecule has 20 heavy (non-hydrogen) atoms. The minimum Gasteiger partial charge on any atom is -0.377 e. The van der Waals surface area contributed by atoms with E-state index in [0.29, 0.717) is 0 Å². The van der Waals surface area contributed by atoms with Gasteiger partial charge in [-0.05, 0) is 20.8 Å². The Kier molecular flexibility index (Phi) is 6.12. The van der Waals surface area contributed by atoms with Crippen LogP contribution >= 0.6 is 0 Å². The molecule has 0 aliphatic heterocycles. The van der Waals surface area contributed by atoms with Gasteiger partial charge in [0.2, 0.25) is 0 Å². The zero-order chi connectivity index (χ0) is 16.6. The minimum absolute atomic E-state index is 0.0454. The first-order chi connectivity index (χ1) is 8.58. The van der Waals surface area contributed by atoms with E-state index in [0.717, 1.165) is 0 Å². The summed E-state index contributed by atoms with van der Waals surface area (Å²) in [7, 11) is -2.40. The number of rotatable bonds is 6. The summed E-state index contributed by atoms with van der Waals surface area (Å²) < 4.78 is 18.6. The molecule has 0 radical (unpaired) electrons. The fraction of sp³-hybridized carbons (Fsp3) is 1.00. The molecule has 0 saturated carbocycles. The summed E-state index contributed by atoms with van der Waals surface area (Å²) >= 11 is 0. The molecular weight excluding hydrogens is 300 g/mol. The molecule has 0 atom stereocenters. The highest BCUT2D eigenvalue weighted by atomic mass is 28.5. The van der Waals surface area contributed by atoms with Crippen LogP contribution in [0.3, 0.4) is 0 Å². The van der Waals surface area contributed by atoms with Gasteiger partial charge >= 0.3 is 8.80 Å². The maximum atomic E-state index is 6.51. The van der Waals surface area contributed by atoms with Crippen molar-refractivity contribution >= 4 is 25.0 Å². The molecule has 3 nitrogen and oxygen atoms in total. The monoisotopic (exact) mass is 336 g/mol. The smallest absolute Gasteiger partial charge is 0.377 e. The fourth-order valence-corrected chi connectivity index (χ4v) is 23.2. The maximum Gasteiger partial charge on any atom is 0.501 e. The van der Waals surface area contributed by atoms with Gasteiger partial charge in [-0.25, -0.2) is 0 Å². The van der Waals surface area contributed by atoms with E-state index >= 15 is 0 Å². The van der Waals surface area contributed by atoms with Gasteiger partial charge in [-0.2, -0.15) is 0 Å². The Morgan fingerprint density at radius 3 is 1.10 bits per heavy atom. The summed E-state index contributed by atoms with van der Waals surface area (Å²) in [4.78, 5) is 0. The second-order valence-corrected chi connectivity index (χ2v) is 24.4. The van der Waals surface area contributed by atoms with Gasteiger partial charge in [0.15, 0.2) is 0 Å². The number of hydrogen-bond donors (Lipinski definition) is 0. The summed E-state index contributed by atoms with van der Waals surface area (Å²) in [5, 5.41) is 0. The molecule has 0 amide bonds. The first-order valence-electron chi connectivity index (χ1n) is 7.38. The molecule has 0 spiro atoms. The van der Waals surface area contributed by atoms with E-state index in [2.05, 4.69) is 67.0 Å². The highest BCUT2D eigenvalue weighted by Gasteiger charge is 2.69. The number of hydrogen-bond acceptors (Lipinski definition) is 3. The predicted molar refractivity (Wildman–Crippen MR) is 95.7 cm³/mol. The average Bonchev–Trinajstić information content (AvgIpc) is 2.20. The fourth-order valence-electron chi connectivity index (χ4n) is 3.12. The van der Waals surface area contributed by atoms with Crippen LogP contribution in [-0.2, 0) is 13.3 Å². The standard InChI is InChI=1S/C14H36O3Si3/c1-13(2,3)17-20(15-5,16-6)14(4,18(7,8)9)19(10,11)12/h1-12H3. The Balaban J connectivity index is 6.21. The third kappa shape index (κ3) is 3.64. The van der Waals surface area contributed by atoms with E-state index in [9.17, 15) is 0 Å². The van der Waals surface area contributed by atoms with Crippen LogP contribution < -0.4 is 0 Å². The van der Waals surface area contributed by atoms with Crippen LogP contribution in [-0.4, -0.2) is 44.8 Å². The van der Waals surface area contributed by atoms with Gasteiger partial charge in [0.1, 0.15) is 0 Å². The predicted octanol–water partition coefficient (Wildman–Crippen LogP) is 4.55. The van der Waals surface area contributed by atoms with Crippen molar-refractivity contribution in [1.29, 1.82) is 0 Å². The lowest BCUT2D eigenvalue weighted by atomic mass is 10.2. The van der Waals surface area contributed by atoms with Crippen LogP contribution in [0.5, 0.6) is 0 Å². The van der Waals surface area contributed by atoms with Gasteiger partial charge in [-0.1, -0.05) is 46.2 Å².